The number of hydrogen-bond donors (Lipinski definition) is 1. The van der Waals surface area contributed by atoms with Crippen molar-refractivity contribution in [2.45, 2.75) is 5.16 Å². The number of nitrogen functional groups attached to an aromatic ring is 1. The van der Waals surface area contributed by atoms with Crippen molar-refractivity contribution in [2.24, 2.45) is 0 Å². The molecule has 0 saturated carbocycles. The highest BCUT2D eigenvalue weighted by atomic mass is 32.2. The lowest BCUT2D eigenvalue weighted by molar-refractivity contribution is 0.386. The predicted molar refractivity (Wildman–Crippen MR) is 68.0 cm³/mol. The molecule has 2 aromatic rings. The lowest BCUT2D eigenvalue weighted by Crippen LogP contribution is -2.01. The molecule has 0 aliphatic rings. The fourth-order valence-electron chi connectivity index (χ4n) is 1.39. The van der Waals surface area contributed by atoms with Crippen molar-refractivity contribution in [3.63, 3.8) is 0 Å². The lowest BCUT2D eigenvalue weighted by Gasteiger charge is -2.06. The summed E-state index contributed by atoms with van der Waals surface area (Å²) in [6.07, 6.45) is 1.84. The largest absolute Gasteiger partial charge is 0.494 e. The Labute approximate surface area is 108 Å². The van der Waals surface area contributed by atoms with E-state index in [9.17, 15) is 4.39 Å². The van der Waals surface area contributed by atoms with Crippen molar-refractivity contribution < 1.29 is 9.13 Å². The van der Waals surface area contributed by atoms with Crippen molar-refractivity contribution in [1.82, 2.24) is 15.0 Å². The first-order valence-electron chi connectivity index (χ1n) is 5.03. The number of halogens is 1. The first-order chi connectivity index (χ1) is 8.63. The SMILES string of the molecule is COc1cc(-c2nc(N)nc(SC)n2)ccc1F. The summed E-state index contributed by atoms with van der Waals surface area (Å²) in [5.41, 5.74) is 6.21. The maximum atomic E-state index is 13.3. The third-order valence-corrected chi connectivity index (χ3v) is 2.77. The van der Waals surface area contributed by atoms with Gasteiger partial charge in [0.25, 0.3) is 0 Å². The minimum Gasteiger partial charge on any atom is -0.494 e. The normalized spacial score (nSPS) is 10.4. The van der Waals surface area contributed by atoms with E-state index in [0.29, 0.717) is 16.5 Å². The van der Waals surface area contributed by atoms with Crippen LogP contribution in [0.15, 0.2) is 23.4 Å². The molecule has 7 heteroatoms. The van der Waals surface area contributed by atoms with Crippen LogP contribution in [0.1, 0.15) is 0 Å². The van der Waals surface area contributed by atoms with Crippen LogP contribution in [-0.4, -0.2) is 28.3 Å². The van der Waals surface area contributed by atoms with Crippen LogP contribution >= 0.6 is 11.8 Å². The summed E-state index contributed by atoms with van der Waals surface area (Å²) in [5.74, 6) is 0.225. The Bertz CT molecular complexity index is 579. The number of hydrogen-bond acceptors (Lipinski definition) is 6. The van der Waals surface area contributed by atoms with Crippen molar-refractivity contribution in [3.8, 4) is 17.1 Å². The van der Waals surface area contributed by atoms with Gasteiger partial charge < -0.3 is 10.5 Å². The zero-order chi connectivity index (χ0) is 13.1. The second-order valence-corrected chi connectivity index (χ2v) is 4.13. The Morgan fingerprint density at radius 2 is 2.06 bits per heavy atom. The van der Waals surface area contributed by atoms with Gasteiger partial charge in [-0.3, -0.25) is 0 Å². The van der Waals surface area contributed by atoms with Gasteiger partial charge in [0.2, 0.25) is 5.95 Å². The standard InChI is InChI=1S/C11H11FN4OS/c1-17-8-5-6(3-4-7(8)12)9-14-10(13)16-11(15-9)18-2/h3-5H,1-2H3,(H2,13,14,15,16). The number of nitrogens with zero attached hydrogens (tertiary/aromatic N) is 3. The van der Waals surface area contributed by atoms with E-state index in [4.69, 9.17) is 10.5 Å². The summed E-state index contributed by atoms with van der Waals surface area (Å²) in [6, 6.07) is 4.39. The van der Waals surface area contributed by atoms with Crippen LogP contribution in [0.25, 0.3) is 11.4 Å². The molecule has 1 aromatic carbocycles. The second kappa shape index (κ2) is 5.18. The first-order valence-corrected chi connectivity index (χ1v) is 6.26. The molecule has 2 N–H and O–H groups in total. The van der Waals surface area contributed by atoms with E-state index < -0.39 is 5.82 Å². The summed E-state index contributed by atoms with van der Waals surface area (Å²) in [5, 5.41) is 0.515. The van der Waals surface area contributed by atoms with Crippen LogP contribution in [0.4, 0.5) is 10.3 Å². The Hall–Kier alpha value is -1.89. The molecule has 5 nitrogen and oxygen atoms in total. The molecule has 2 rings (SSSR count). The van der Waals surface area contributed by atoms with Gasteiger partial charge in [-0.05, 0) is 24.5 Å². The van der Waals surface area contributed by atoms with Crippen LogP contribution in [0, 0.1) is 5.82 Å². The minimum absolute atomic E-state index is 0.132. The van der Waals surface area contributed by atoms with Crippen LogP contribution in [0.5, 0.6) is 5.75 Å². The molecule has 0 atom stereocenters. The molecule has 0 bridgehead atoms. The summed E-state index contributed by atoms with van der Waals surface area (Å²) >= 11 is 1.36. The smallest absolute Gasteiger partial charge is 0.224 e. The molecule has 1 aromatic heterocycles. The molecular formula is C11H11FN4OS. The van der Waals surface area contributed by atoms with Crippen LogP contribution in [-0.2, 0) is 0 Å². The van der Waals surface area contributed by atoms with Gasteiger partial charge >= 0.3 is 0 Å². The van der Waals surface area contributed by atoms with E-state index in [1.54, 1.807) is 6.07 Å². The number of nitrogens with two attached hydrogens (primary N) is 1. The van der Waals surface area contributed by atoms with Gasteiger partial charge in [0.05, 0.1) is 7.11 Å². The number of aromatic nitrogens is 3. The predicted octanol–water partition coefficient (Wildman–Crippen LogP) is 1.99. The Balaban J connectivity index is 2.51. The average molecular weight is 266 g/mol. The highest BCUT2D eigenvalue weighted by Crippen LogP contribution is 2.25. The second-order valence-electron chi connectivity index (χ2n) is 3.35. The van der Waals surface area contributed by atoms with Crippen molar-refractivity contribution in [3.05, 3.63) is 24.0 Å². The maximum Gasteiger partial charge on any atom is 0.224 e. The molecule has 0 spiro atoms. The molecule has 1 heterocycles. The molecule has 0 aliphatic heterocycles. The lowest BCUT2D eigenvalue weighted by atomic mass is 10.2. The number of ether oxygens (including phenoxy) is 1. The van der Waals surface area contributed by atoms with Gasteiger partial charge in [-0.1, -0.05) is 11.8 Å². The van der Waals surface area contributed by atoms with Crippen molar-refractivity contribution >= 4 is 17.7 Å². The first kappa shape index (κ1) is 12.6. The van der Waals surface area contributed by atoms with Gasteiger partial charge in [-0.15, -0.1) is 0 Å². The summed E-state index contributed by atoms with van der Waals surface area (Å²) < 4.78 is 18.2. The third-order valence-electron chi connectivity index (χ3n) is 2.22. The number of rotatable bonds is 3. The molecule has 0 saturated heterocycles. The van der Waals surface area contributed by atoms with Gasteiger partial charge in [0.1, 0.15) is 0 Å². The molecule has 0 unspecified atom stereocenters. The fraction of sp³-hybridized carbons (Fsp3) is 0.182. The zero-order valence-corrected chi connectivity index (χ0v) is 10.7. The molecular weight excluding hydrogens is 255 g/mol. The minimum atomic E-state index is -0.437. The molecule has 94 valence electrons. The van der Waals surface area contributed by atoms with Crippen LogP contribution in [0.3, 0.4) is 0 Å². The molecule has 0 radical (unpaired) electrons. The third kappa shape index (κ3) is 2.51. The van der Waals surface area contributed by atoms with Gasteiger partial charge in [-0.2, -0.15) is 9.97 Å². The molecule has 0 amide bonds. The van der Waals surface area contributed by atoms with Gasteiger partial charge in [-0.25, -0.2) is 9.37 Å². The fourth-order valence-corrected chi connectivity index (χ4v) is 1.75. The molecule has 0 aliphatic carbocycles. The van der Waals surface area contributed by atoms with Crippen molar-refractivity contribution in [1.29, 1.82) is 0 Å². The van der Waals surface area contributed by atoms with Gasteiger partial charge in [0, 0.05) is 5.56 Å². The highest BCUT2D eigenvalue weighted by Gasteiger charge is 2.10. The van der Waals surface area contributed by atoms with Crippen LogP contribution in [0.2, 0.25) is 0 Å². The average Bonchev–Trinajstić information content (AvgIpc) is 2.38. The Morgan fingerprint density at radius 3 is 2.72 bits per heavy atom. The van der Waals surface area contributed by atoms with Gasteiger partial charge in [0.15, 0.2) is 22.5 Å². The number of thioether (sulfide) groups is 1. The zero-order valence-electron chi connectivity index (χ0n) is 9.85. The monoisotopic (exact) mass is 266 g/mol. The van der Waals surface area contributed by atoms with E-state index in [-0.39, 0.29) is 11.7 Å². The van der Waals surface area contributed by atoms with E-state index in [1.165, 1.54) is 31.0 Å². The molecule has 0 fully saturated rings. The topological polar surface area (TPSA) is 73.9 Å². The van der Waals surface area contributed by atoms with E-state index in [1.807, 2.05) is 6.26 Å². The number of anilines is 1. The summed E-state index contributed by atoms with van der Waals surface area (Å²) in [4.78, 5) is 12.2. The quantitative estimate of drug-likeness (QED) is 0.856. The summed E-state index contributed by atoms with van der Waals surface area (Å²) in [7, 11) is 1.40. The Kier molecular flexibility index (Phi) is 3.61. The van der Waals surface area contributed by atoms with E-state index in [0.717, 1.165) is 0 Å². The Morgan fingerprint density at radius 1 is 1.28 bits per heavy atom. The molecule has 18 heavy (non-hydrogen) atoms. The maximum absolute atomic E-state index is 13.3. The number of benzene rings is 1. The van der Waals surface area contributed by atoms with Crippen molar-refractivity contribution in [2.75, 3.05) is 19.1 Å². The summed E-state index contributed by atoms with van der Waals surface area (Å²) in [6.45, 7) is 0. The van der Waals surface area contributed by atoms with Crippen LogP contribution < -0.4 is 10.5 Å². The number of methoxy groups -OCH3 is 1. The highest BCUT2D eigenvalue weighted by molar-refractivity contribution is 7.98. The van der Waals surface area contributed by atoms with E-state index in [2.05, 4.69) is 15.0 Å². The van der Waals surface area contributed by atoms with E-state index >= 15 is 0 Å².